The van der Waals surface area contributed by atoms with Crippen LogP contribution >= 0.6 is 0 Å². The second-order valence-electron chi connectivity index (χ2n) is 12.7. The topological polar surface area (TPSA) is 104 Å². The second kappa shape index (κ2) is 19.5. The van der Waals surface area contributed by atoms with Crippen molar-refractivity contribution in [2.45, 2.75) is 85.0 Å². The van der Waals surface area contributed by atoms with E-state index < -0.39 is 17.5 Å². The Kier molecular flexibility index (Phi) is 14.9. The highest BCUT2D eigenvalue weighted by atomic mass is 16.6. The molecular weight excluding hydrogens is 620 g/mol. The maximum Gasteiger partial charge on any atom is 0.339 e. The lowest BCUT2D eigenvalue weighted by Gasteiger charge is -2.20. The standard InChI is InChI=1S/C41H52O8/c1-5-9-11-29(7-3)27-47-33-17-13-31(14-18-33)40(32-15-19-34(20-16-32)48-28-30(8-4)12-10-6-2)41(44)46-24-23-45-35-21-22-36-37(42)26-39(43)49-38(36)25-35/h13-22,25-26,29-30,40,42H,5-12,23-24,27-28H2,1-4H3. The minimum absolute atomic E-state index is 0.00603. The molecule has 0 aliphatic carbocycles. The van der Waals surface area contributed by atoms with Crippen molar-refractivity contribution in [1.82, 2.24) is 0 Å². The zero-order chi connectivity index (χ0) is 35.0. The first-order valence-electron chi connectivity index (χ1n) is 17.9. The Morgan fingerprint density at radius 2 is 1.22 bits per heavy atom. The molecule has 0 amide bonds. The molecule has 0 fully saturated rings. The van der Waals surface area contributed by atoms with Crippen LogP contribution in [-0.4, -0.2) is 37.5 Å². The fourth-order valence-electron chi connectivity index (χ4n) is 5.80. The SMILES string of the molecule is CCCCC(CC)COc1ccc(C(C(=O)OCCOc2ccc3c(O)cc(=O)oc3c2)c2ccc(OCC(CC)CCCC)cc2)cc1. The van der Waals surface area contributed by atoms with Crippen molar-refractivity contribution in [2.75, 3.05) is 26.4 Å². The molecule has 3 aromatic carbocycles. The highest BCUT2D eigenvalue weighted by Crippen LogP contribution is 2.31. The van der Waals surface area contributed by atoms with Crippen LogP contribution in [0.2, 0.25) is 0 Å². The number of ether oxygens (including phenoxy) is 4. The molecule has 1 heterocycles. The van der Waals surface area contributed by atoms with Crippen LogP contribution in [0.3, 0.4) is 0 Å². The van der Waals surface area contributed by atoms with Gasteiger partial charge in [0.15, 0.2) is 0 Å². The third-order valence-corrected chi connectivity index (χ3v) is 9.01. The van der Waals surface area contributed by atoms with Gasteiger partial charge in [-0.05, 0) is 72.2 Å². The van der Waals surface area contributed by atoms with Gasteiger partial charge in [-0.15, -0.1) is 0 Å². The summed E-state index contributed by atoms with van der Waals surface area (Å²) in [6, 6.07) is 21.2. The molecule has 8 nitrogen and oxygen atoms in total. The largest absolute Gasteiger partial charge is 0.507 e. The Morgan fingerprint density at radius 1 is 0.694 bits per heavy atom. The Morgan fingerprint density at radius 3 is 1.73 bits per heavy atom. The number of carbonyl (C=O) groups excluding carboxylic acids is 1. The van der Waals surface area contributed by atoms with Crippen molar-refractivity contribution in [2.24, 2.45) is 11.8 Å². The lowest BCUT2D eigenvalue weighted by Crippen LogP contribution is -2.20. The molecule has 264 valence electrons. The third kappa shape index (κ3) is 11.3. The number of hydrogen-bond acceptors (Lipinski definition) is 8. The molecule has 2 atom stereocenters. The molecule has 0 aliphatic heterocycles. The lowest BCUT2D eigenvalue weighted by molar-refractivity contribution is -0.145. The first-order chi connectivity index (χ1) is 23.8. The number of fused-ring (bicyclic) bond motifs is 1. The van der Waals surface area contributed by atoms with Crippen LogP contribution in [0.15, 0.2) is 82.0 Å². The van der Waals surface area contributed by atoms with Crippen molar-refractivity contribution in [3.8, 4) is 23.0 Å². The van der Waals surface area contributed by atoms with Gasteiger partial charge in [0.05, 0.1) is 24.7 Å². The van der Waals surface area contributed by atoms with Gasteiger partial charge >= 0.3 is 11.6 Å². The van der Waals surface area contributed by atoms with E-state index in [1.54, 1.807) is 12.1 Å². The molecule has 0 spiro atoms. The first kappa shape index (κ1) is 37.4. The Labute approximate surface area is 290 Å². The van der Waals surface area contributed by atoms with Gasteiger partial charge in [0.25, 0.3) is 0 Å². The van der Waals surface area contributed by atoms with Crippen LogP contribution in [0.25, 0.3) is 11.0 Å². The van der Waals surface area contributed by atoms with Crippen molar-refractivity contribution in [3.63, 3.8) is 0 Å². The van der Waals surface area contributed by atoms with E-state index in [0.717, 1.165) is 54.4 Å². The summed E-state index contributed by atoms with van der Waals surface area (Å²) in [4.78, 5) is 25.3. The van der Waals surface area contributed by atoms with E-state index in [-0.39, 0.29) is 24.5 Å². The second-order valence-corrected chi connectivity index (χ2v) is 12.7. The predicted octanol–water partition coefficient (Wildman–Crippen LogP) is 9.44. The third-order valence-electron chi connectivity index (χ3n) is 9.01. The number of aromatic hydroxyl groups is 1. The number of unbranched alkanes of at least 4 members (excludes halogenated alkanes) is 2. The average Bonchev–Trinajstić information content (AvgIpc) is 3.11. The summed E-state index contributed by atoms with van der Waals surface area (Å²) < 4.78 is 28.9. The van der Waals surface area contributed by atoms with E-state index in [4.69, 9.17) is 23.4 Å². The summed E-state index contributed by atoms with van der Waals surface area (Å²) in [7, 11) is 0. The molecule has 4 rings (SSSR count). The molecule has 0 saturated carbocycles. The summed E-state index contributed by atoms with van der Waals surface area (Å²) in [5.41, 5.74) is 1.13. The number of rotatable bonds is 21. The first-order valence-corrected chi connectivity index (χ1v) is 17.9. The Balaban J connectivity index is 1.44. The van der Waals surface area contributed by atoms with E-state index in [1.807, 2.05) is 48.5 Å². The van der Waals surface area contributed by atoms with E-state index >= 15 is 0 Å². The van der Waals surface area contributed by atoms with E-state index in [1.165, 1.54) is 31.7 Å². The number of esters is 1. The number of benzene rings is 3. The van der Waals surface area contributed by atoms with E-state index in [9.17, 15) is 14.7 Å². The van der Waals surface area contributed by atoms with Gasteiger partial charge < -0.3 is 28.5 Å². The summed E-state index contributed by atoms with van der Waals surface area (Å²) in [6.45, 7) is 10.2. The van der Waals surface area contributed by atoms with E-state index in [2.05, 4.69) is 27.7 Å². The average molecular weight is 673 g/mol. The van der Waals surface area contributed by atoms with Crippen LogP contribution in [-0.2, 0) is 9.53 Å². The normalized spacial score (nSPS) is 13.1. The molecule has 8 heteroatoms. The summed E-state index contributed by atoms with van der Waals surface area (Å²) >= 11 is 0. The highest BCUT2D eigenvalue weighted by Gasteiger charge is 2.25. The van der Waals surface area contributed by atoms with Gasteiger partial charge in [-0.3, -0.25) is 4.79 Å². The van der Waals surface area contributed by atoms with Crippen molar-refractivity contribution in [1.29, 1.82) is 0 Å². The van der Waals surface area contributed by atoms with Crippen LogP contribution in [0.4, 0.5) is 0 Å². The molecular formula is C41H52O8. The minimum atomic E-state index is -0.665. The summed E-state index contributed by atoms with van der Waals surface area (Å²) in [6.07, 6.45) is 9.21. The van der Waals surface area contributed by atoms with Crippen molar-refractivity contribution < 1.29 is 33.3 Å². The summed E-state index contributed by atoms with van der Waals surface area (Å²) in [5, 5.41) is 10.4. The molecule has 1 N–H and O–H groups in total. The molecule has 0 radical (unpaired) electrons. The van der Waals surface area contributed by atoms with Gasteiger partial charge in [0, 0.05) is 6.07 Å². The van der Waals surface area contributed by atoms with Gasteiger partial charge in [0.2, 0.25) is 0 Å². The Hall–Kier alpha value is -4.46. The maximum absolute atomic E-state index is 13.7. The number of hydrogen-bond donors (Lipinski definition) is 1. The smallest absolute Gasteiger partial charge is 0.339 e. The quantitative estimate of drug-likeness (QED) is 0.0530. The predicted molar refractivity (Wildman–Crippen MR) is 193 cm³/mol. The van der Waals surface area contributed by atoms with Crippen LogP contribution in [0, 0.1) is 11.8 Å². The van der Waals surface area contributed by atoms with E-state index in [0.29, 0.717) is 36.2 Å². The molecule has 0 aliphatic rings. The molecule has 0 saturated heterocycles. The molecule has 1 aromatic heterocycles. The molecule has 4 aromatic rings. The van der Waals surface area contributed by atoms with Crippen molar-refractivity contribution in [3.05, 3.63) is 94.3 Å². The van der Waals surface area contributed by atoms with Gasteiger partial charge in [-0.1, -0.05) is 90.5 Å². The van der Waals surface area contributed by atoms with Crippen LogP contribution < -0.4 is 19.8 Å². The van der Waals surface area contributed by atoms with Crippen LogP contribution in [0.5, 0.6) is 23.0 Å². The maximum atomic E-state index is 13.7. The fraction of sp³-hybridized carbons (Fsp3) is 0.463. The minimum Gasteiger partial charge on any atom is -0.507 e. The Bertz CT molecular complexity index is 1560. The lowest BCUT2D eigenvalue weighted by atomic mass is 9.91. The van der Waals surface area contributed by atoms with Crippen molar-refractivity contribution >= 4 is 16.9 Å². The molecule has 0 bridgehead atoms. The van der Waals surface area contributed by atoms with Crippen LogP contribution in [0.1, 0.15) is 96.1 Å². The van der Waals surface area contributed by atoms with Gasteiger partial charge in [-0.2, -0.15) is 0 Å². The zero-order valence-electron chi connectivity index (χ0n) is 29.5. The van der Waals surface area contributed by atoms with Gasteiger partial charge in [-0.25, -0.2) is 4.79 Å². The zero-order valence-corrected chi connectivity index (χ0v) is 29.5. The summed E-state index contributed by atoms with van der Waals surface area (Å²) in [5.74, 6) is 1.77. The number of carbonyl (C=O) groups is 1. The molecule has 49 heavy (non-hydrogen) atoms. The molecule has 2 unspecified atom stereocenters. The van der Waals surface area contributed by atoms with Gasteiger partial charge in [0.1, 0.15) is 47.7 Å². The highest BCUT2D eigenvalue weighted by molar-refractivity contribution is 5.84. The monoisotopic (exact) mass is 672 g/mol. The fourth-order valence-corrected chi connectivity index (χ4v) is 5.80.